The van der Waals surface area contributed by atoms with Crippen LogP contribution in [0.15, 0.2) is 0 Å². The third kappa shape index (κ3) is 4.17. The van der Waals surface area contributed by atoms with E-state index in [1.54, 1.807) is 0 Å². The molecule has 118 valence electrons. The third-order valence-electron chi connectivity index (χ3n) is 4.14. The SMILES string of the molecule is CCC(CC)C(C)NS(=O)(=O)N1CCCCC1C(=O)O. The van der Waals surface area contributed by atoms with Crippen molar-refractivity contribution in [2.24, 2.45) is 5.92 Å². The predicted octanol–water partition coefficient (Wildman–Crippen LogP) is 1.58. The number of hydrogen-bond donors (Lipinski definition) is 2. The van der Waals surface area contributed by atoms with Crippen molar-refractivity contribution in [2.75, 3.05) is 6.54 Å². The minimum atomic E-state index is -3.74. The molecular formula is C13H26N2O4S. The second kappa shape index (κ2) is 7.38. The molecule has 1 heterocycles. The maximum atomic E-state index is 12.4. The molecular weight excluding hydrogens is 280 g/mol. The first-order valence-corrected chi connectivity index (χ1v) is 8.79. The van der Waals surface area contributed by atoms with E-state index in [-0.39, 0.29) is 18.5 Å². The lowest BCUT2D eigenvalue weighted by Gasteiger charge is -2.33. The molecule has 0 radical (unpaired) electrons. The van der Waals surface area contributed by atoms with Gasteiger partial charge < -0.3 is 5.11 Å². The van der Waals surface area contributed by atoms with Gasteiger partial charge in [-0.1, -0.05) is 26.7 Å². The first-order chi connectivity index (χ1) is 9.33. The molecule has 0 saturated carbocycles. The normalized spacial score (nSPS) is 22.9. The van der Waals surface area contributed by atoms with Crippen LogP contribution in [0, 0.1) is 5.92 Å². The fourth-order valence-electron chi connectivity index (χ4n) is 2.83. The van der Waals surface area contributed by atoms with E-state index in [2.05, 4.69) is 4.72 Å². The van der Waals surface area contributed by atoms with Gasteiger partial charge in [0.2, 0.25) is 0 Å². The van der Waals surface area contributed by atoms with E-state index in [4.69, 9.17) is 0 Å². The van der Waals surface area contributed by atoms with Gasteiger partial charge in [0.25, 0.3) is 10.2 Å². The zero-order valence-electron chi connectivity index (χ0n) is 12.5. The van der Waals surface area contributed by atoms with E-state index >= 15 is 0 Å². The van der Waals surface area contributed by atoms with Gasteiger partial charge in [0.1, 0.15) is 6.04 Å². The van der Waals surface area contributed by atoms with Crippen molar-refractivity contribution in [3.05, 3.63) is 0 Å². The third-order valence-corrected chi connectivity index (χ3v) is 5.86. The molecule has 2 N–H and O–H groups in total. The number of rotatable bonds is 7. The highest BCUT2D eigenvalue weighted by atomic mass is 32.2. The van der Waals surface area contributed by atoms with E-state index in [1.807, 2.05) is 20.8 Å². The average Bonchev–Trinajstić information content (AvgIpc) is 2.39. The number of piperidine rings is 1. The zero-order valence-corrected chi connectivity index (χ0v) is 13.3. The van der Waals surface area contributed by atoms with Crippen molar-refractivity contribution in [2.45, 2.75) is 65.0 Å². The molecule has 0 aromatic carbocycles. The smallest absolute Gasteiger partial charge is 0.322 e. The molecule has 7 heteroatoms. The van der Waals surface area contributed by atoms with Crippen molar-refractivity contribution >= 4 is 16.2 Å². The Morgan fingerprint density at radius 3 is 2.45 bits per heavy atom. The Balaban J connectivity index is 2.83. The van der Waals surface area contributed by atoms with Crippen molar-refractivity contribution in [3.63, 3.8) is 0 Å². The van der Waals surface area contributed by atoms with Crippen LogP contribution in [0.1, 0.15) is 52.9 Å². The number of carboxylic acid groups (broad SMARTS) is 1. The first-order valence-electron chi connectivity index (χ1n) is 7.35. The molecule has 1 fully saturated rings. The maximum Gasteiger partial charge on any atom is 0.322 e. The molecule has 0 spiro atoms. The van der Waals surface area contributed by atoms with Gasteiger partial charge in [0.05, 0.1) is 0 Å². The highest BCUT2D eigenvalue weighted by Gasteiger charge is 2.37. The number of hydrogen-bond acceptors (Lipinski definition) is 3. The molecule has 1 aliphatic heterocycles. The van der Waals surface area contributed by atoms with E-state index < -0.39 is 22.2 Å². The summed E-state index contributed by atoms with van der Waals surface area (Å²) in [6.45, 7) is 6.18. The molecule has 6 nitrogen and oxygen atoms in total. The summed E-state index contributed by atoms with van der Waals surface area (Å²) >= 11 is 0. The Hall–Kier alpha value is -0.660. The summed E-state index contributed by atoms with van der Waals surface area (Å²) in [5, 5.41) is 9.17. The van der Waals surface area contributed by atoms with Crippen LogP contribution >= 0.6 is 0 Å². The summed E-state index contributed by atoms with van der Waals surface area (Å²) < 4.78 is 28.6. The Bertz CT molecular complexity index is 420. The molecule has 20 heavy (non-hydrogen) atoms. The second-order valence-corrected chi connectivity index (χ2v) is 7.10. The Kier molecular flexibility index (Phi) is 6.42. The monoisotopic (exact) mass is 306 g/mol. The van der Waals surface area contributed by atoms with Crippen LogP contribution in [0.2, 0.25) is 0 Å². The van der Waals surface area contributed by atoms with Crippen molar-refractivity contribution in [1.29, 1.82) is 0 Å². The van der Waals surface area contributed by atoms with E-state index in [9.17, 15) is 18.3 Å². The van der Waals surface area contributed by atoms with Gasteiger partial charge >= 0.3 is 5.97 Å². The number of carboxylic acids is 1. The molecule has 0 aliphatic carbocycles. The number of nitrogens with zero attached hydrogens (tertiary/aromatic N) is 1. The van der Waals surface area contributed by atoms with Crippen LogP contribution in [0.25, 0.3) is 0 Å². The molecule has 0 bridgehead atoms. The standard InChI is InChI=1S/C13H26N2O4S/c1-4-11(5-2)10(3)14-20(18,19)15-9-7-6-8-12(15)13(16)17/h10-12,14H,4-9H2,1-3H3,(H,16,17). The topological polar surface area (TPSA) is 86.7 Å². The number of carbonyl (C=O) groups is 1. The summed E-state index contributed by atoms with van der Waals surface area (Å²) in [6, 6.07) is -1.12. The van der Waals surface area contributed by atoms with Gasteiger partial charge in [-0.25, -0.2) is 0 Å². The molecule has 2 unspecified atom stereocenters. The van der Waals surface area contributed by atoms with Crippen molar-refractivity contribution < 1.29 is 18.3 Å². The van der Waals surface area contributed by atoms with Crippen LogP contribution in [0.5, 0.6) is 0 Å². The largest absolute Gasteiger partial charge is 0.480 e. The van der Waals surface area contributed by atoms with Gasteiger partial charge in [-0.05, 0) is 32.1 Å². The first kappa shape index (κ1) is 17.4. The van der Waals surface area contributed by atoms with Crippen molar-refractivity contribution in [3.8, 4) is 0 Å². The second-order valence-electron chi connectivity index (χ2n) is 5.45. The number of aliphatic carboxylic acids is 1. The molecule has 1 aliphatic rings. The van der Waals surface area contributed by atoms with Gasteiger partial charge in [-0.3, -0.25) is 4.79 Å². The summed E-state index contributed by atoms with van der Waals surface area (Å²) in [7, 11) is -3.74. The molecule has 0 aromatic rings. The average molecular weight is 306 g/mol. The summed E-state index contributed by atoms with van der Waals surface area (Å²) in [5.74, 6) is -0.803. The fraction of sp³-hybridized carbons (Fsp3) is 0.923. The lowest BCUT2D eigenvalue weighted by Crippen LogP contribution is -2.54. The quantitative estimate of drug-likeness (QED) is 0.747. The summed E-state index contributed by atoms with van der Waals surface area (Å²) in [4.78, 5) is 11.2. The minimum absolute atomic E-state index is 0.189. The minimum Gasteiger partial charge on any atom is -0.480 e. The predicted molar refractivity (Wildman–Crippen MR) is 77.6 cm³/mol. The zero-order chi connectivity index (χ0) is 15.3. The van der Waals surface area contributed by atoms with Crippen LogP contribution in [-0.4, -0.2) is 42.4 Å². The van der Waals surface area contributed by atoms with E-state index in [1.165, 1.54) is 0 Å². The Morgan fingerprint density at radius 2 is 1.95 bits per heavy atom. The van der Waals surface area contributed by atoms with Gasteiger partial charge in [-0.2, -0.15) is 17.4 Å². The van der Waals surface area contributed by atoms with Gasteiger partial charge in [-0.15, -0.1) is 0 Å². The van der Waals surface area contributed by atoms with Crippen LogP contribution in [0.4, 0.5) is 0 Å². The molecule has 0 amide bonds. The van der Waals surface area contributed by atoms with Crippen molar-refractivity contribution in [1.82, 2.24) is 9.03 Å². The lowest BCUT2D eigenvalue weighted by molar-refractivity contribution is -0.142. The molecule has 1 rings (SSSR count). The molecule has 1 saturated heterocycles. The van der Waals surface area contributed by atoms with E-state index in [0.29, 0.717) is 12.8 Å². The highest BCUT2D eigenvalue weighted by molar-refractivity contribution is 7.87. The summed E-state index contributed by atoms with van der Waals surface area (Å²) in [6.07, 6.45) is 3.63. The van der Waals surface area contributed by atoms with Gasteiger partial charge in [0, 0.05) is 12.6 Å². The van der Waals surface area contributed by atoms with Crippen LogP contribution < -0.4 is 4.72 Å². The van der Waals surface area contributed by atoms with Gasteiger partial charge in [0.15, 0.2) is 0 Å². The van der Waals surface area contributed by atoms with Crippen LogP contribution in [-0.2, 0) is 15.0 Å². The van der Waals surface area contributed by atoms with E-state index in [0.717, 1.165) is 23.6 Å². The van der Waals surface area contributed by atoms with Crippen LogP contribution in [0.3, 0.4) is 0 Å². The maximum absolute atomic E-state index is 12.4. The Morgan fingerprint density at radius 1 is 1.35 bits per heavy atom. The fourth-order valence-corrected chi connectivity index (χ4v) is 4.53. The molecule has 0 aromatic heterocycles. The highest BCUT2D eigenvalue weighted by Crippen LogP contribution is 2.21. The molecule has 2 atom stereocenters. The number of nitrogens with one attached hydrogen (secondary N) is 1. The lowest BCUT2D eigenvalue weighted by atomic mass is 9.96. The Labute approximate surface area is 121 Å². The summed E-state index contributed by atoms with van der Waals surface area (Å²) in [5.41, 5.74) is 0.